The van der Waals surface area contributed by atoms with Crippen molar-refractivity contribution < 1.29 is 13.2 Å². The molecule has 2 aliphatic rings. The van der Waals surface area contributed by atoms with Gasteiger partial charge in [0.05, 0.1) is 5.92 Å². The Bertz CT molecular complexity index is 537. The highest BCUT2D eigenvalue weighted by Crippen LogP contribution is 2.43. The number of benzene rings is 1. The van der Waals surface area contributed by atoms with Crippen LogP contribution in [0.5, 0.6) is 0 Å². The molecule has 0 aromatic heterocycles. The first-order valence-electron chi connectivity index (χ1n) is 8.99. The van der Waals surface area contributed by atoms with E-state index in [0.29, 0.717) is 12.8 Å². The maximum absolute atomic E-state index is 12.8. The Balaban J connectivity index is 1.63. The largest absolute Gasteiger partial charge is 0.391 e. The second-order valence-corrected chi connectivity index (χ2v) is 7.71. The van der Waals surface area contributed by atoms with Gasteiger partial charge in [0.15, 0.2) is 0 Å². The zero-order chi connectivity index (χ0) is 17.4. The van der Waals surface area contributed by atoms with Crippen LogP contribution in [-0.2, 0) is 5.54 Å². The van der Waals surface area contributed by atoms with Gasteiger partial charge in [-0.3, -0.25) is 0 Å². The van der Waals surface area contributed by atoms with Crippen molar-refractivity contribution in [1.82, 2.24) is 0 Å². The highest BCUT2D eigenvalue weighted by Gasteiger charge is 2.41. The summed E-state index contributed by atoms with van der Waals surface area (Å²) in [7, 11) is 0. The fourth-order valence-electron chi connectivity index (χ4n) is 4.29. The van der Waals surface area contributed by atoms with Gasteiger partial charge in [0.1, 0.15) is 0 Å². The van der Waals surface area contributed by atoms with E-state index in [1.807, 2.05) is 0 Å². The topological polar surface area (TPSA) is 52.0 Å². The molecule has 0 unspecified atom stereocenters. The molecule has 2 nitrogen and oxygen atoms in total. The smallest absolute Gasteiger partial charge is 0.328 e. The third-order valence-corrected chi connectivity index (χ3v) is 6.07. The number of hydrogen-bond donors (Lipinski definition) is 2. The summed E-state index contributed by atoms with van der Waals surface area (Å²) in [5.41, 5.74) is 14.5. The summed E-state index contributed by atoms with van der Waals surface area (Å²) in [6.07, 6.45) is 1.36. The zero-order valence-corrected chi connectivity index (χ0v) is 14.0. The van der Waals surface area contributed by atoms with E-state index in [2.05, 4.69) is 24.3 Å². The van der Waals surface area contributed by atoms with Crippen LogP contribution in [0.4, 0.5) is 13.2 Å². The lowest BCUT2D eigenvalue weighted by Crippen LogP contribution is -2.43. The molecule has 134 valence electrons. The van der Waals surface area contributed by atoms with E-state index in [4.69, 9.17) is 11.5 Å². The predicted octanol–water partition coefficient (Wildman–Crippen LogP) is 4.58. The maximum Gasteiger partial charge on any atom is 0.391 e. The summed E-state index contributed by atoms with van der Waals surface area (Å²) < 4.78 is 38.3. The van der Waals surface area contributed by atoms with E-state index in [9.17, 15) is 13.2 Å². The second kappa shape index (κ2) is 6.68. The first-order chi connectivity index (χ1) is 11.3. The average molecular weight is 340 g/mol. The van der Waals surface area contributed by atoms with Gasteiger partial charge in [-0.2, -0.15) is 13.2 Å². The molecule has 0 spiro atoms. The van der Waals surface area contributed by atoms with Crippen molar-refractivity contribution in [2.45, 2.75) is 75.0 Å². The van der Waals surface area contributed by atoms with Gasteiger partial charge in [-0.15, -0.1) is 0 Å². The third kappa shape index (κ3) is 3.77. The SMILES string of the molecule is NC1CCC(N)(c2ccc(C3CCC(C(F)(F)F)CC3)cc2)CC1. The van der Waals surface area contributed by atoms with Gasteiger partial charge in [0.25, 0.3) is 0 Å². The molecule has 24 heavy (non-hydrogen) atoms. The summed E-state index contributed by atoms with van der Waals surface area (Å²) in [6.45, 7) is 0. The van der Waals surface area contributed by atoms with E-state index in [1.165, 1.54) is 0 Å². The molecular weight excluding hydrogens is 313 g/mol. The van der Waals surface area contributed by atoms with Crippen LogP contribution >= 0.6 is 0 Å². The zero-order valence-electron chi connectivity index (χ0n) is 14.0. The van der Waals surface area contributed by atoms with Crippen molar-refractivity contribution in [3.8, 4) is 0 Å². The molecule has 0 amide bonds. The highest BCUT2D eigenvalue weighted by molar-refractivity contribution is 5.31. The van der Waals surface area contributed by atoms with Gasteiger partial charge in [-0.25, -0.2) is 0 Å². The lowest BCUT2D eigenvalue weighted by atomic mass is 9.74. The van der Waals surface area contributed by atoms with E-state index in [0.717, 1.165) is 36.8 Å². The van der Waals surface area contributed by atoms with E-state index >= 15 is 0 Å². The molecule has 0 atom stereocenters. The Morgan fingerprint density at radius 2 is 1.42 bits per heavy atom. The van der Waals surface area contributed by atoms with E-state index < -0.39 is 12.1 Å². The van der Waals surface area contributed by atoms with Gasteiger partial charge < -0.3 is 11.5 Å². The Kier molecular flexibility index (Phi) is 4.94. The van der Waals surface area contributed by atoms with Crippen LogP contribution in [-0.4, -0.2) is 12.2 Å². The van der Waals surface area contributed by atoms with E-state index in [1.54, 1.807) is 0 Å². The average Bonchev–Trinajstić information content (AvgIpc) is 2.57. The third-order valence-electron chi connectivity index (χ3n) is 6.07. The molecule has 2 fully saturated rings. The van der Waals surface area contributed by atoms with Gasteiger partial charge in [0.2, 0.25) is 0 Å². The summed E-state index contributed by atoms with van der Waals surface area (Å²) >= 11 is 0. The number of alkyl halides is 3. The lowest BCUT2D eigenvalue weighted by molar-refractivity contribution is -0.182. The van der Waals surface area contributed by atoms with Crippen molar-refractivity contribution in [3.63, 3.8) is 0 Å². The maximum atomic E-state index is 12.8. The molecule has 0 radical (unpaired) electrons. The molecule has 2 saturated carbocycles. The minimum atomic E-state index is -4.04. The molecule has 1 aromatic rings. The molecule has 5 heteroatoms. The van der Waals surface area contributed by atoms with Crippen LogP contribution < -0.4 is 11.5 Å². The van der Waals surface area contributed by atoms with Crippen LogP contribution in [0.15, 0.2) is 24.3 Å². The fraction of sp³-hybridized carbons (Fsp3) is 0.684. The number of rotatable bonds is 2. The van der Waals surface area contributed by atoms with Gasteiger partial charge in [-0.05, 0) is 68.4 Å². The molecule has 0 aliphatic heterocycles. The monoisotopic (exact) mass is 340 g/mol. The van der Waals surface area contributed by atoms with Crippen molar-refractivity contribution in [2.75, 3.05) is 0 Å². The van der Waals surface area contributed by atoms with Crippen LogP contribution in [0.2, 0.25) is 0 Å². The second-order valence-electron chi connectivity index (χ2n) is 7.71. The minimum absolute atomic E-state index is 0.242. The molecule has 1 aromatic carbocycles. The number of hydrogen-bond acceptors (Lipinski definition) is 2. The van der Waals surface area contributed by atoms with Gasteiger partial charge in [-0.1, -0.05) is 24.3 Å². The standard InChI is InChI=1S/C19H27F3N2/c20-19(21,22)16-7-3-14(4-8-16)13-1-5-15(6-2-13)18(24)11-9-17(23)10-12-18/h1-2,5-6,14,16-17H,3-4,7-12,23-24H2. The molecule has 4 N–H and O–H groups in total. The number of halogens is 3. The Morgan fingerprint density at radius 1 is 0.875 bits per heavy atom. The molecular formula is C19H27F3N2. The predicted molar refractivity (Wildman–Crippen MR) is 89.5 cm³/mol. The van der Waals surface area contributed by atoms with Crippen molar-refractivity contribution in [3.05, 3.63) is 35.4 Å². The molecule has 0 heterocycles. The van der Waals surface area contributed by atoms with Crippen LogP contribution in [0.25, 0.3) is 0 Å². The minimum Gasteiger partial charge on any atom is -0.328 e. The molecule has 2 aliphatic carbocycles. The fourth-order valence-corrected chi connectivity index (χ4v) is 4.29. The molecule has 0 saturated heterocycles. The Labute approximate surface area is 141 Å². The van der Waals surface area contributed by atoms with Crippen molar-refractivity contribution in [2.24, 2.45) is 17.4 Å². The summed E-state index contributed by atoms with van der Waals surface area (Å²) in [6, 6.07) is 8.53. The van der Waals surface area contributed by atoms with Crippen molar-refractivity contribution in [1.29, 1.82) is 0 Å². The molecule has 3 rings (SSSR count). The van der Waals surface area contributed by atoms with Crippen LogP contribution in [0.1, 0.15) is 68.4 Å². The van der Waals surface area contributed by atoms with Gasteiger partial charge in [0, 0.05) is 11.6 Å². The first-order valence-corrected chi connectivity index (χ1v) is 8.99. The van der Waals surface area contributed by atoms with Gasteiger partial charge >= 0.3 is 6.18 Å². The lowest BCUT2D eigenvalue weighted by Gasteiger charge is -2.37. The normalized spacial score (nSPS) is 35.0. The van der Waals surface area contributed by atoms with E-state index in [-0.39, 0.29) is 30.3 Å². The summed E-state index contributed by atoms with van der Waals surface area (Å²) in [4.78, 5) is 0. The summed E-state index contributed by atoms with van der Waals surface area (Å²) in [5.74, 6) is -0.877. The summed E-state index contributed by atoms with van der Waals surface area (Å²) in [5, 5.41) is 0. The Morgan fingerprint density at radius 3 is 1.92 bits per heavy atom. The first kappa shape index (κ1) is 17.7. The van der Waals surface area contributed by atoms with Crippen LogP contribution in [0, 0.1) is 5.92 Å². The number of nitrogens with two attached hydrogens (primary N) is 2. The quantitative estimate of drug-likeness (QED) is 0.828. The highest BCUT2D eigenvalue weighted by atomic mass is 19.4. The Hall–Kier alpha value is -1.07. The van der Waals surface area contributed by atoms with Crippen LogP contribution in [0.3, 0.4) is 0 Å². The van der Waals surface area contributed by atoms with Crippen molar-refractivity contribution >= 4 is 0 Å². The molecule has 0 bridgehead atoms.